The molecule has 0 amide bonds. The van der Waals surface area contributed by atoms with Crippen LogP contribution in [0.1, 0.15) is 5.69 Å². The Balaban J connectivity index is 2.01. The third-order valence-corrected chi connectivity index (χ3v) is 4.21. The fourth-order valence-corrected chi connectivity index (χ4v) is 3.00. The lowest BCUT2D eigenvalue weighted by molar-refractivity contribution is 0.628. The van der Waals surface area contributed by atoms with Crippen LogP contribution in [-0.2, 0) is 0 Å². The first kappa shape index (κ1) is 14.6. The highest BCUT2D eigenvalue weighted by Gasteiger charge is 2.09. The largest absolute Gasteiger partial charge is 0.253 e. The van der Waals surface area contributed by atoms with Crippen molar-refractivity contribution in [1.29, 1.82) is 0 Å². The molecule has 116 valence electrons. The maximum absolute atomic E-state index is 13.3. The van der Waals surface area contributed by atoms with Crippen LogP contribution in [0.2, 0.25) is 0 Å². The smallest absolute Gasteiger partial charge is 0.123 e. The summed E-state index contributed by atoms with van der Waals surface area (Å²) >= 11 is 0. The lowest BCUT2D eigenvalue weighted by Gasteiger charge is -2.11. The Bertz CT molecular complexity index is 1010. The summed E-state index contributed by atoms with van der Waals surface area (Å²) in [4.78, 5) is 4.69. The van der Waals surface area contributed by atoms with Gasteiger partial charge in [0, 0.05) is 11.1 Å². The van der Waals surface area contributed by atoms with Gasteiger partial charge >= 0.3 is 0 Å². The van der Waals surface area contributed by atoms with Gasteiger partial charge in [0.05, 0.1) is 5.52 Å². The van der Waals surface area contributed by atoms with Crippen molar-refractivity contribution in [3.05, 3.63) is 90.4 Å². The van der Waals surface area contributed by atoms with Crippen LogP contribution in [-0.4, -0.2) is 4.98 Å². The van der Waals surface area contributed by atoms with Crippen LogP contribution in [0.15, 0.2) is 78.9 Å². The van der Waals surface area contributed by atoms with Gasteiger partial charge in [0.25, 0.3) is 0 Å². The Hall–Kier alpha value is -3.00. The van der Waals surface area contributed by atoms with Gasteiger partial charge in [-0.15, -0.1) is 0 Å². The quantitative estimate of drug-likeness (QED) is 0.441. The molecule has 0 N–H and O–H groups in total. The number of halogens is 1. The standard InChI is InChI=1S/C22H16FN/c1-15-7-12-20-21(17-8-10-19(23)11-9-17)13-18(14-22(20)24-15)16-5-3-2-4-6-16/h2-14H,1H3. The summed E-state index contributed by atoms with van der Waals surface area (Å²) in [6.07, 6.45) is 0. The summed E-state index contributed by atoms with van der Waals surface area (Å²) in [5, 5.41) is 1.08. The molecule has 0 radical (unpaired) electrons. The molecule has 0 fully saturated rings. The molecule has 0 spiro atoms. The second-order valence-corrected chi connectivity index (χ2v) is 5.92. The number of hydrogen-bond acceptors (Lipinski definition) is 1. The zero-order valence-corrected chi connectivity index (χ0v) is 13.3. The van der Waals surface area contributed by atoms with Gasteiger partial charge in [-0.1, -0.05) is 48.5 Å². The van der Waals surface area contributed by atoms with Crippen molar-refractivity contribution in [1.82, 2.24) is 4.98 Å². The molecular formula is C22H16FN. The maximum atomic E-state index is 13.3. The van der Waals surface area contributed by atoms with E-state index in [2.05, 4.69) is 30.3 Å². The molecule has 1 aromatic heterocycles. The number of hydrogen-bond donors (Lipinski definition) is 0. The van der Waals surface area contributed by atoms with Crippen LogP contribution >= 0.6 is 0 Å². The fourth-order valence-electron chi connectivity index (χ4n) is 3.00. The minimum absolute atomic E-state index is 0.226. The fraction of sp³-hybridized carbons (Fsp3) is 0.0455. The van der Waals surface area contributed by atoms with E-state index in [1.165, 1.54) is 12.1 Å². The van der Waals surface area contributed by atoms with E-state index in [0.717, 1.165) is 38.9 Å². The van der Waals surface area contributed by atoms with Gasteiger partial charge in [-0.2, -0.15) is 0 Å². The summed E-state index contributed by atoms with van der Waals surface area (Å²) in [7, 11) is 0. The van der Waals surface area contributed by atoms with Crippen LogP contribution in [0.25, 0.3) is 33.2 Å². The summed E-state index contributed by atoms with van der Waals surface area (Å²) in [5.41, 5.74) is 6.25. The highest BCUT2D eigenvalue weighted by molar-refractivity contribution is 5.98. The Morgan fingerprint density at radius 1 is 0.708 bits per heavy atom. The van der Waals surface area contributed by atoms with E-state index in [1.54, 1.807) is 0 Å². The molecule has 0 bridgehead atoms. The lowest BCUT2D eigenvalue weighted by Crippen LogP contribution is -1.89. The van der Waals surface area contributed by atoms with Crippen molar-refractivity contribution >= 4 is 10.9 Å². The molecule has 0 unspecified atom stereocenters. The van der Waals surface area contributed by atoms with Crippen LogP contribution < -0.4 is 0 Å². The van der Waals surface area contributed by atoms with Gasteiger partial charge in [-0.3, -0.25) is 4.98 Å². The number of nitrogens with zero attached hydrogens (tertiary/aromatic N) is 1. The number of fused-ring (bicyclic) bond motifs is 1. The van der Waals surface area contributed by atoms with E-state index in [9.17, 15) is 4.39 Å². The zero-order chi connectivity index (χ0) is 16.5. The number of pyridine rings is 1. The second kappa shape index (κ2) is 5.89. The van der Waals surface area contributed by atoms with Crippen molar-refractivity contribution < 1.29 is 4.39 Å². The topological polar surface area (TPSA) is 12.9 Å². The molecule has 4 aromatic rings. The van der Waals surface area contributed by atoms with Crippen LogP contribution in [0.5, 0.6) is 0 Å². The number of aryl methyl sites for hydroxylation is 1. The van der Waals surface area contributed by atoms with E-state index in [-0.39, 0.29) is 5.82 Å². The third-order valence-electron chi connectivity index (χ3n) is 4.21. The molecule has 24 heavy (non-hydrogen) atoms. The number of rotatable bonds is 2. The monoisotopic (exact) mass is 313 g/mol. The van der Waals surface area contributed by atoms with Crippen molar-refractivity contribution in [2.45, 2.75) is 6.92 Å². The molecule has 1 nitrogen and oxygen atoms in total. The third kappa shape index (κ3) is 2.67. The van der Waals surface area contributed by atoms with Crippen LogP contribution in [0.3, 0.4) is 0 Å². The van der Waals surface area contributed by atoms with Gasteiger partial charge in [0.15, 0.2) is 0 Å². The van der Waals surface area contributed by atoms with Crippen molar-refractivity contribution in [2.24, 2.45) is 0 Å². The maximum Gasteiger partial charge on any atom is 0.123 e. The molecule has 3 aromatic carbocycles. The molecule has 0 saturated heterocycles. The van der Waals surface area contributed by atoms with Gasteiger partial charge < -0.3 is 0 Å². The summed E-state index contributed by atoms with van der Waals surface area (Å²) in [6, 6.07) is 25.2. The minimum atomic E-state index is -0.226. The van der Waals surface area contributed by atoms with Crippen molar-refractivity contribution in [3.63, 3.8) is 0 Å². The first-order valence-electron chi connectivity index (χ1n) is 7.93. The van der Waals surface area contributed by atoms with E-state index in [1.807, 2.05) is 43.3 Å². The molecule has 0 aliphatic carbocycles. The van der Waals surface area contributed by atoms with Crippen LogP contribution in [0.4, 0.5) is 4.39 Å². The number of benzene rings is 3. The number of aromatic nitrogens is 1. The van der Waals surface area contributed by atoms with Gasteiger partial charge in [0.2, 0.25) is 0 Å². The molecule has 0 saturated carbocycles. The molecular weight excluding hydrogens is 297 g/mol. The summed E-state index contributed by atoms with van der Waals surface area (Å²) in [6.45, 7) is 1.99. The first-order chi connectivity index (χ1) is 11.7. The summed E-state index contributed by atoms with van der Waals surface area (Å²) in [5.74, 6) is -0.226. The zero-order valence-electron chi connectivity index (χ0n) is 13.3. The Kier molecular flexibility index (Phi) is 3.58. The molecule has 0 aliphatic heterocycles. The molecule has 4 rings (SSSR count). The Morgan fingerprint density at radius 3 is 2.21 bits per heavy atom. The predicted molar refractivity (Wildman–Crippen MR) is 97.3 cm³/mol. The first-order valence-corrected chi connectivity index (χ1v) is 7.93. The van der Waals surface area contributed by atoms with E-state index in [0.29, 0.717) is 0 Å². The molecule has 2 heteroatoms. The highest BCUT2D eigenvalue weighted by atomic mass is 19.1. The van der Waals surface area contributed by atoms with E-state index < -0.39 is 0 Å². The molecule has 0 atom stereocenters. The predicted octanol–water partition coefficient (Wildman–Crippen LogP) is 6.02. The van der Waals surface area contributed by atoms with Gasteiger partial charge in [-0.05, 0) is 59.5 Å². The second-order valence-electron chi connectivity index (χ2n) is 5.92. The normalized spacial score (nSPS) is 10.9. The summed E-state index contributed by atoms with van der Waals surface area (Å²) < 4.78 is 13.3. The highest BCUT2D eigenvalue weighted by Crippen LogP contribution is 2.33. The molecule has 0 aliphatic rings. The van der Waals surface area contributed by atoms with Gasteiger partial charge in [-0.25, -0.2) is 4.39 Å². The van der Waals surface area contributed by atoms with E-state index >= 15 is 0 Å². The van der Waals surface area contributed by atoms with E-state index in [4.69, 9.17) is 4.98 Å². The van der Waals surface area contributed by atoms with Crippen molar-refractivity contribution in [3.8, 4) is 22.3 Å². The Morgan fingerprint density at radius 2 is 1.46 bits per heavy atom. The van der Waals surface area contributed by atoms with Crippen LogP contribution in [0, 0.1) is 12.7 Å². The average Bonchev–Trinajstić information content (AvgIpc) is 2.62. The minimum Gasteiger partial charge on any atom is -0.253 e. The van der Waals surface area contributed by atoms with Gasteiger partial charge in [0.1, 0.15) is 5.82 Å². The lowest BCUT2D eigenvalue weighted by atomic mass is 9.95. The molecule has 1 heterocycles. The van der Waals surface area contributed by atoms with Crippen molar-refractivity contribution in [2.75, 3.05) is 0 Å². The average molecular weight is 313 g/mol. The Labute approximate surface area is 140 Å². The SMILES string of the molecule is Cc1ccc2c(-c3ccc(F)cc3)cc(-c3ccccc3)cc2n1.